The maximum absolute atomic E-state index is 12.2. The minimum Gasteiger partial charge on any atom is -0.348 e. The lowest BCUT2D eigenvalue weighted by molar-refractivity contribution is -0.125. The number of amides is 1. The average molecular weight is 260 g/mol. The normalized spacial score (nSPS) is 35.4. The monoisotopic (exact) mass is 260 g/mol. The maximum Gasteiger partial charge on any atom is 0.234 e. The Morgan fingerprint density at radius 1 is 1.35 bits per heavy atom. The van der Waals surface area contributed by atoms with E-state index in [1.807, 2.05) is 0 Å². The molecular formula is C12H24N2O2S. The largest absolute Gasteiger partial charge is 0.348 e. The van der Waals surface area contributed by atoms with Gasteiger partial charge in [-0.1, -0.05) is 13.8 Å². The predicted molar refractivity (Wildman–Crippen MR) is 71.0 cm³/mol. The quantitative estimate of drug-likeness (QED) is 0.807. The minimum absolute atomic E-state index is 0.0323. The number of nitrogens with two attached hydrogens (primary N) is 1. The summed E-state index contributed by atoms with van der Waals surface area (Å²) in [5.74, 6) is 0.952. The second kappa shape index (κ2) is 5.96. The van der Waals surface area contributed by atoms with Crippen LogP contribution >= 0.6 is 0 Å². The zero-order chi connectivity index (χ0) is 13.2. The highest BCUT2D eigenvalue weighted by atomic mass is 32.2. The summed E-state index contributed by atoms with van der Waals surface area (Å²) in [6, 6.07) is -0.0375. The van der Waals surface area contributed by atoms with Crippen molar-refractivity contribution in [2.24, 2.45) is 17.6 Å². The summed E-state index contributed by atoms with van der Waals surface area (Å²) in [6.07, 6.45) is 1.97. The Balaban J connectivity index is 2.65. The molecule has 0 spiro atoms. The van der Waals surface area contributed by atoms with E-state index in [1.165, 1.54) is 4.90 Å². The minimum atomic E-state index is -1.15. The lowest BCUT2D eigenvalue weighted by Crippen LogP contribution is -2.49. The smallest absolute Gasteiger partial charge is 0.234 e. The molecule has 0 saturated heterocycles. The van der Waals surface area contributed by atoms with Gasteiger partial charge in [-0.05, 0) is 24.7 Å². The molecule has 1 rings (SSSR count). The van der Waals surface area contributed by atoms with Crippen LogP contribution in [0.15, 0.2) is 0 Å². The molecule has 0 aliphatic heterocycles. The van der Waals surface area contributed by atoms with Crippen LogP contribution in [0, 0.1) is 11.8 Å². The Kier molecular flexibility index (Phi) is 5.13. The number of hydrogen-bond acceptors (Lipinski definition) is 3. The van der Waals surface area contributed by atoms with Crippen molar-refractivity contribution in [2.75, 3.05) is 19.8 Å². The van der Waals surface area contributed by atoms with Crippen molar-refractivity contribution >= 4 is 16.7 Å². The molecule has 2 N–H and O–H groups in total. The molecule has 17 heavy (non-hydrogen) atoms. The van der Waals surface area contributed by atoms with Gasteiger partial charge in [0, 0.05) is 30.9 Å². The van der Waals surface area contributed by atoms with E-state index in [0.29, 0.717) is 11.8 Å². The zero-order valence-corrected chi connectivity index (χ0v) is 12.0. The van der Waals surface area contributed by atoms with E-state index in [1.54, 1.807) is 14.1 Å². The molecule has 0 aromatic rings. The first-order valence-corrected chi connectivity index (χ1v) is 7.54. The summed E-state index contributed by atoms with van der Waals surface area (Å²) in [5, 5.41) is -0.0323. The fourth-order valence-corrected chi connectivity index (χ4v) is 4.51. The maximum atomic E-state index is 12.2. The van der Waals surface area contributed by atoms with Crippen LogP contribution in [0.2, 0.25) is 0 Å². The SMILES string of the molecule is CC1CC(C)C(S(=O)CC(=O)N(C)C)C(N)C1. The van der Waals surface area contributed by atoms with Gasteiger partial charge in [0.15, 0.2) is 0 Å². The third kappa shape index (κ3) is 3.78. The molecule has 0 radical (unpaired) electrons. The molecule has 0 bridgehead atoms. The number of rotatable bonds is 3. The molecule has 0 heterocycles. The van der Waals surface area contributed by atoms with E-state index in [9.17, 15) is 9.00 Å². The first kappa shape index (κ1) is 14.6. The van der Waals surface area contributed by atoms with Crippen molar-refractivity contribution in [1.29, 1.82) is 0 Å². The van der Waals surface area contributed by atoms with Crippen LogP contribution in [-0.4, -0.2) is 46.2 Å². The van der Waals surface area contributed by atoms with Crippen LogP contribution in [0.25, 0.3) is 0 Å². The number of carbonyl (C=O) groups excluding carboxylic acids is 1. The highest BCUT2D eigenvalue weighted by Gasteiger charge is 2.36. The topological polar surface area (TPSA) is 63.4 Å². The van der Waals surface area contributed by atoms with Crippen LogP contribution in [0.1, 0.15) is 26.7 Å². The van der Waals surface area contributed by atoms with E-state index in [4.69, 9.17) is 5.73 Å². The van der Waals surface area contributed by atoms with Gasteiger partial charge in [-0.2, -0.15) is 0 Å². The fraction of sp³-hybridized carbons (Fsp3) is 0.917. The van der Waals surface area contributed by atoms with Crippen molar-refractivity contribution in [3.05, 3.63) is 0 Å². The Morgan fingerprint density at radius 3 is 2.41 bits per heavy atom. The van der Waals surface area contributed by atoms with E-state index in [0.717, 1.165) is 12.8 Å². The Morgan fingerprint density at radius 2 is 1.94 bits per heavy atom. The summed E-state index contributed by atoms with van der Waals surface area (Å²) in [6.45, 7) is 4.28. The Labute approximate surface area is 106 Å². The summed E-state index contributed by atoms with van der Waals surface area (Å²) in [5.41, 5.74) is 6.09. The van der Waals surface area contributed by atoms with Gasteiger partial charge in [0.2, 0.25) is 5.91 Å². The van der Waals surface area contributed by atoms with Crippen molar-refractivity contribution < 1.29 is 9.00 Å². The molecule has 0 aromatic carbocycles. The average Bonchev–Trinajstić information content (AvgIpc) is 2.15. The fourth-order valence-electron chi connectivity index (χ4n) is 2.69. The van der Waals surface area contributed by atoms with E-state index < -0.39 is 10.8 Å². The molecule has 1 amide bonds. The molecule has 5 heteroatoms. The van der Waals surface area contributed by atoms with Gasteiger partial charge in [-0.25, -0.2) is 0 Å². The van der Waals surface area contributed by atoms with E-state index in [-0.39, 0.29) is 23.0 Å². The van der Waals surface area contributed by atoms with Crippen molar-refractivity contribution in [1.82, 2.24) is 4.90 Å². The van der Waals surface area contributed by atoms with E-state index in [2.05, 4.69) is 13.8 Å². The molecule has 1 aliphatic rings. The summed E-state index contributed by atoms with van der Waals surface area (Å²) in [4.78, 5) is 13.1. The molecular weight excluding hydrogens is 236 g/mol. The second-order valence-corrected chi connectivity index (χ2v) is 7.09. The summed E-state index contributed by atoms with van der Waals surface area (Å²) >= 11 is 0. The van der Waals surface area contributed by atoms with Crippen LogP contribution in [0.5, 0.6) is 0 Å². The van der Waals surface area contributed by atoms with Gasteiger partial charge >= 0.3 is 0 Å². The zero-order valence-electron chi connectivity index (χ0n) is 11.2. The standard InChI is InChI=1S/C12H24N2O2S/c1-8-5-9(2)12(10(13)6-8)17(16)7-11(15)14(3)4/h8-10,12H,5-7,13H2,1-4H3. The van der Waals surface area contributed by atoms with Crippen LogP contribution in [0.3, 0.4) is 0 Å². The number of hydrogen-bond donors (Lipinski definition) is 1. The molecule has 5 atom stereocenters. The lowest BCUT2D eigenvalue weighted by Gasteiger charge is -2.37. The van der Waals surface area contributed by atoms with Crippen molar-refractivity contribution in [3.63, 3.8) is 0 Å². The highest BCUT2D eigenvalue weighted by molar-refractivity contribution is 7.86. The van der Waals surface area contributed by atoms with Crippen LogP contribution in [-0.2, 0) is 15.6 Å². The van der Waals surface area contributed by atoms with Crippen molar-refractivity contribution in [3.8, 4) is 0 Å². The molecule has 4 nitrogen and oxygen atoms in total. The van der Waals surface area contributed by atoms with E-state index >= 15 is 0 Å². The highest BCUT2D eigenvalue weighted by Crippen LogP contribution is 2.31. The van der Waals surface area contributed by atoms with Gasteiger partial charge in [-0.15, -0.1) is 0 Å². The first-order valence-electron chi connectivity index (χ1n) is 6.15. The molecule has 5 unspecified atom stereocenters. The number of nitrogens with zero attached hydrogens (tertiary/aromatic N) is 1. The molecule has 1 aliphatic carbocycles. The molecule has 0 aromatic heterocycles. The van der Waals surface area contributed by atoms with Gasteiger partial charge < -0.3 is 10.6 Å². The predicted octanol–water partition coefficient (Wildman–Crippen LogP) is 0.585. The third-order valence-corrected chi connectivity index (χ3v) is 5.45. The summed E-state index contributed by atoms with van der Waals surface area (Å²) < 4.78 is 12.2. The van der Waals surface area contributed by atoms with Crippen LogP contribution in [0.4, 0.5) is 0 Å². The second-order valence-electron chi connectivity index (χ2n) is 5.50. The first-order chi connectivity index (χ1) is 7.82. The van der Waals surface area contributed by atoms with Crippen molar-refractivity contribution in [2.45, 2.75) is 38.0 Å². The molecule has 1 fully saturated rings. The molecule has 1 saturated carbocycles. The van der Waals surface area contributed by atoms with Crippen LogP contribution < -0.4 is 5.73 Å². The van der Waals surface area contributed by atoms with Gasteiger partial charge in [0.05, 0.1) is 5.25 Å². The number of carbonyl (C=O) groups is 1. The van der Waals surface area contributed by atoms with Gasteiger partial charge in [0.25, 0.3) is 0 Å². The Hall–Kier alpha value is -0.420. The van der Waals surface area contributed by atoms with Gasteiger partial charge in [0.1, 0.15) is 5.75 Å². The van der Waals surface area contributed by atoms with Gasteiger partial charge in [-0.3, -0.25) is 9.00 Å². The third-order valence-electron chi connectivity index (χ3n) is 3.50. The lowest BCUT2D eigenvalue weighted by atomic mass is 9.80. The Bertz CT molecular complexity index is 295. The summed E-state index contributed by atoms with van der Waals surface area (Å²) in [7, 11) is 2.22. The molecule has 100 valence electrons.